The third kappa shape index (κ3) is 6.06. The highest BCUT2D eigenvalue weighted by atomic mass is 32.1. The maximum atomic E-state index is 6.50. The Labute approximate surface area is 422 Å². The summed E-state index contributed by atoms with van der Waals surface area (Å²) < 4.78 is 13.7. The van der Waals surface area contributed by atoms with Crippen LogP contribution in [0, 0.1) is 0 Å². The molecule has 0 amide bonds. The zero-order valence-corrected chi connectivity index (χ0v) is 39.9. The zero-order valence-electron chi connectivity index (χ0n) is 39.1. The highest BCUT2D eigenvalue weighted by Crippen LogP contribution is 2.47. The Kier molecular flexibility index (Phi) is 8.58. The molecule has 0 fully saturated rings. The number of nitrogens with zero attached hydrogens (tertiary/aromatic N) is 5. The number of para-hydroxylation sites is 2. The molecule has 0 radical (unpaired) electrons. The molecule has 1 aliphatic heterocycles. The van der Waals surface area contributed by atoms with Crippen molar-refractivity contribution in [2.45, 2.75) is 6.61 Å². The number of benzene rings is 11. The van der Waals surface area contributed by atoms with E-state index in [2.05, 4.69) is 234 Å². The minimum absolute atomic E-state index is 0.496. The number of rotatable bonds is 5. The van der Waals surface area contributed by atoms with Crippen molar-refractivity contribution in [3.63, 3.8) is 0 Å². The lowest BCUT2D eigenvalue weighted by atomic mass is 9.92. The van der Waals surface area contributed by atoms with Crippen LogP contribution in [0.15, 0.2) is 224 Å². The minimum Gasteiger partial charge on any atom is -0.488 e. The molecule has 0 atom stereocenters. The first-order chi connectivity index (χ1) is 36.2. The molecule has 0 spiro atoms. The fourth-order valence-electron chi connectivity index (χ4n) is 11.7. The van der Waals surface area contributed by atoms with Crippen LogP contribution in [0.3, 0.4) is 0 Å². The van der Waals surface area contributed by atoms with Gasteiger partial charge in [0.2, 0.25) is 0 Å². The average Bonchev–Trinajstić information content (AvgIpc) is 4.10. The monoisotopic (exact) mass is 949 g/mol. The lowest BCUT2D eigenvalue weighted by Gasteiger charge is -2.23. The van der Waals surface area contributed by atoms with Gasteiger partial charge in [-0.15, -0.1) is 11.3 Å². The highest BCUT2D eigenvalue weighted by molar-refractivity contribution is 7.25. The van der Waals surface area contributed by atoms with E-state index in [1.54, 1.807) is 11.3 Å². The van der Waals surface area contributed by atoms with Gasteiger partial charge in [-0.25, -0.2) is 15.0 Å². The van der Waals surface area contributed by atoms with Crippen LogP contribution in [-0.2, 0) is 6.61 Å². The summed E-state index contributed by atoms with van der Waals surface area (Å²) in [5, 5.41) is 11.7. The Morgan fingerprint density at radius 1 is 0.370 bits per heavy atom. The summed E-state index contributed by atoms with van der Waals surface area (Å²) in [5.41, 5.74) is 12.4. The van der Waals surface area contributed by atoms with E-state index in [1.807, 2.05) is 0 Å². The van der Waals surface area contributed by atoms with Gasteiger partial charge in [0.05, 0.1) is 27.8 Å². The highest BCUT2D eigenvalue weighted by Gasteiger charge is 2.27. The molecule has 4 aromatic heterocycles. The molecule has 0 N–H and O–H groups in total. The molecule has 0 bridgehead atoms. The molecule has 0 unspecified atom stereocenters. The normalized spacial score (nSPS) is 12.4. The molecule has 16 rings (SSSR count). The molecule has 11 aromatic carbocycles. The Bertz CT molecular complexity index is 4720. The SMILES string of the molecule is c1ccc(-n2c3ccccc3c3c(-c4nc(-c5cc6sc7ccccc7c6cc5-n5c6cc7ccccc7cc6c6cc7ccccc7cc65)nc(-c5cccc6c5-c5ccccc5CO6)n4)cccc32)cc1. The van der Waals surface area contributed by atoms with Crippen molar-refractivity contribution < 1.29 is 4.74 Å². The number of ether oxygens (including phenoxy) is 1. The summed E-state index contributed by atoms with van der Waals surface area (Å²) in [6.07, 6.45) is 0. The number of hydrogen-bond acceptors (Lipinski definition) is 5. The second kappa shape index (κ2) is 15.5. The minimum atomic E-state index is 0.496. The van der Waals surface area contributed by atoms with Gasteiger partial charge in [0.25, 0.3) is 0 Å². The number of fused-ring (bicyclic) bond motifs is 14. The molecule has 5 heterocycles. The lowest BCUT2D eigenvalue weighted by Crippen LogP contribution is -2.08. The van der Waals surface area contributed by atoms with Gasteiger partial charge in [0.15, 0.2) is 17.5 Å². The quantitative estimate of drug-likeness (QED) is 0.172. The maximum absolute atomic E-state index is 6.50. The van der Waals surface area contributed by atoms with E-state index in [0.29, 0.717) is 24.1 Å². The van der Waals surface area contributed by atoms with Crippen molar-refractivity contribution in [1.29, 1.82) is 0 Å². The van der Waals surface area contributed by atoms with Gasteiger partial charge in [-0.3, -0.25) is 0 Å². The third-order valence-corrected chi connectivity index (χ3v) is 16.1. The van der Waals surface area contributed by atoms with Gasteiger partial charge in [-0.1, -0.05) is 152 Å². The fourth-order valence-corrected chi connectivity index (χ4v) is 12.9. The van der Waals surface area contributed by atoms with Crippen molar-refractivity contribution >= 4 is 96.7 Å². The Morgan fingerprint density at radius 3 is 1.71 bits per heavy atom. The molecular weight excluding hydrogens is 911 g/mol. The van der Waals surface area contributed by atoms with Crippen molar-refractivity contribution in [2.75, 3.05) is 0 Å². The molecule has 7 heteroatoms. The predicted molar refractivity (Wildman–Crippen MR) is 302 cm³/mol. The molecular formula is C66H39N5OS. The van der Waals surface area contributed by atoms with Crippen LogP contribution in [-0.4, -0.2) is 24.1 Å². The molecule has 15 aromatic rings. The van der Waals surface area contributed by atoms with E-state index < -0.39 is 0 Å². The lowest BCUT2D eigenvalue weighted by molar-refractivity contribution is 0.302. The first-order valence-electron chi connectivity index (χ1n) is 24.7. The standard InChI is InChI=1S/C66H39N5OS/c1-2-21-44(22-3-1)70-54-28-12-10-25-47(54)62-48(26-14-29-55(62)70)64-67-65(49-27-15-30-59-63(49)45-23-9-8-20-43(45)38-72-59)69-66(68-64)53-37-61-52(46-24-11-13-31-60(46)73-61)36-58(53)71-56-34-41-18-6-4-16-39(41)32-50(56)51-33-40-17-5-7-19-42(40)35-57(51)71/h1-37H,38H2. The summed E-state index contributed by atoms with van der Waals surface area (Å²) in [6.45, 7) is 0.496. The molecule has 0 saturated heterocycles. The van der Waals surface area contributed by atoms with E-state index in [4.69, 9.17) is 19.7 Å². The Balaban J connectivity index is 1.05. The van der Waals surface area contributed by atoms with Crippen LogP contribution in [0.25, 0.3) is 142 Å². The molecule has 0 saturated carbocycles. The van der Waals surface area contributed by atoms with Gasteiger partial charge in [-0.2, -0.15) is 0 Å². The first-order valence-corrected chi connectivity index (χ1v) is 25.5. The third-order valence-electron chi connectivity index (χ3n) is 15.0. The van der Waals surface area contributed by atoms with Gasteiger partial charge < -0.3 is 13.9 Å². The number of hydrogen-bond donors (Lipinski definition) is 0. The molecule has 73 heavy (non-hydrogen) atoms. The van der Waals surface area contributed by atoms with Crippen molar-refractivity contribution in [2.24, 2.45) is 0 Å². The van der Waals surface area contributed by atoms with Crippen LogP contribution in [0.5, 0.6) is 5.75 Å². The van der Waals surface area contributed by atoms with Gasteiger partial charge >= 0.3 is 0 Å². The maximum Gasteiger partial charge on any atom is 0.166 e. The van der Waals surface area contributed by atoms with Gasteiger partial charge in [0, 0.05) is 69.7 Å². The van der Waals surface area contributed by atoms with Crippen molar-refractivity contribution in [3.8, 4) is 62.4 Å². The van der Waals surface area contributed by atoms with Crippen LogP contribution >= 0.6 is 11.3 Å². The summed E-state index contributed by atoms with van der Waals surface area (Å²) in [7, 11) is 0. The number of aromatic nitrogens is 5. The largest absolute Gasteiger partial charge is 0.488 e. The van der Waals surface area contributed by atoms with Gasteiger partial charge in [0.1, 0.15) is 12.4 Å². The Morgan fingerprint density at radius 2 is 0.945 bits per heavy atom. The smallest absolute Gasteiger partial charge is 0.166 e. The second-order valence-electron chi connectivity index (χ2n) is 19.1. The topological polar surface area (TPSA) is 57.8 Å². The summed E-state index contributed by atoms with van der Waals surface area (Å²) in [6, 6.07) is 80.8. The van der Waals surface area contributed by atoms with E-state index in [1.165, 1.54) is 47.8 Å². The zero-order chi connectivity index (χ0) is 47.7. The summed E-state index contributed by atoms with van der Waals surface area (Å²) >= 11 is 1.80. The van der Waals surface area contributed by atoms with E-state index >= 15 is 0 Å². The first kappa shape index (κ1) is 40.3. The van der Waals surface area contributed by atoms with Crippen molar-refractivity contribution in [1.82, 2.24) is 24.1 Å². The predicted octanol–water partition coefficient (Wildman–Crippen LogP) is 17.3. The average molecular weight is 950 g/mol. The van der Waals surface area contributed by atoms with E-state index in [9.17, 15) is 0 Å². The van der Waals surface area contributed by atoms with E-state index in [-0.39, 0.29) is 0 Å². The van der Waals surface area contributed by atoms with Crippen LogP contribution in [0.4, 0.5) is 0 Å². The molecule has 6 nitrogen and oxygen atoms in total. The fraction of sp³-hybridized carbons (Fsp3) is 0.0152. The number of thiophene rings is 1. The van der Waals surface area contributed by atoms with Crippen LogP contribution < -0.4 is 4.74 Å². The Hall–Kier alpha value is -9.43. The van der Waals surface area contributed by atoms with Gasteiger partial charge in [-0.05, 0) is 105 Å². The molecule has 0 aliphatic carbocycles. The summed E-state index contributed by atoms with van der Waals surface area (Å²) in [5.74, 6) is 2.55. The summed E-state index contributed by atoms with van der Waals surface area (Å²) in [4.78, 5) is 17.0. The van der Waals surface area contributed by atoms with Crippen LogP contribution in [0.1, 0.15) is 5.56 Å². The molecule has 340 valence electrons. The van der Waals surface area contributed by atoms with Crippen molar-refractivity contribution in [3.05, 3.63) is 230 Å². The van der Waals surface area contributed by atoms with E-state index in [0.717, 1.165) is 88.0 Å². The van der Waals surface area contributed by atoms with Crippen LogP contribution in [0.2, 0.25) is 0 Å². The molecule has 1 aliphatic rings. The second-order valence-corrected chi connectivity index (χ2v) is 20.1.